The van der Waals surface area contributed by atoms with Crippen molar-refractivity contribution in [1.29, 1.82) is 0 Å². The molecule has 6 heteroatoms. The largest absolute Gasteiger partial charge is 0.462 e. The number of carbonyl (C=O) groups is 3. The third-order valence-corrected chi connectivity index (χ3v) is 13.0. The fourth-order valence-electron chi connectivity index (χ4n) is 8.38. The van der Waals surface area contributed by atoms with Crippen molar-refractivity contribution in [1.82, 2.24) is 0 Å². The van der Waals surface area contributed by atoms with Crippen molar-refractivity contribution >= 4 is 17.9 Å². The predicted molar refractivity (Wildman–Crippen MR) is 325 cm³/mol. The molecule has 0 saturated heterocycles. The van der Waals surface area contributed by atoms with Crippen LogP contribution in [0.1, 0.15) is 278 Å². The SMILES string of the molecule is CC/C=C\C/C=C\C/C=C\C/C=C\C/C=C\C/C=C\CCCCC(=O)OCC(COC(=O)CCCC/C=C\C/C=C\C/C=C\C/C=C\CC)OC(=O)CCCCCCCCCCCCCCCCCCCCCCC. The van der Waals surface area contributed by atoms with E-state index in [4.69, 9.17) is 14.2 Å². The van der Waals surface area contributed by atoms with Gasteiger partial charge in [0.1, 0.15) is 13.2 Å². The number of carbonyl (C=O) groups excluding carboxylic acids is 3. The van der Waals surface area contributed by atoms with Crippen molar-refractivity contribution in [3.05, 3.63) is 122 Å². The highest BCUT2D eigenvalue weighted by Gasteiger charge is 2.19. The van der Waals surface area contributed by atoms with E-state index in [2.05, 4.69) is 142 Å². The van der Waals surface area contributed by atoms with Crippen LogP contribution in [0.5, 0.6) is 0 Å². The first-order chi connectivity index (χ1) is 37.0. The second-order valence-corrected chi connectivity index (χ2v) is 20.2. The molecule has 0 aliphatic rings. The van der Waals surface area contributed by atoms with Crippen molar-refractivity contribution in [2.24, 2.45) is 0 Å². The summed E-state index contributed by atoms with van der Waals surface area (Å²) in [5.41, 5.74) is 0. The van der Waals surface area contributed by atoms with Crippen LogP contribution in [-0.4, -0.2) is 37.2 Å². The number of hydrogen-bond donors (Lipinski definition) is 0. The summed E-state index contributed by atoms with van der Waals surface area (Å²) in [6.45, 7) is 6.36. The Morgan fingerprint density at radius 2 is 0.520 bits per heavy atom. The zero-order valence-corrected chi connectivity index (χ0v) is 48.8. The highest BCUT2D eigenvalue weighted by Crippen LogP contribution is 2.16. The average Bonchev–Trinajstić information content (AvgIpc) is 3.41. The quantitative estimate of drug-likeness (QED) is 0.0261. The number of hydrogen-bond acceptors (Lipinski definition) is 6. The van der Waals surface area contributed by atoms with Crippen molar-refractivity contribution in [2.75, 3.05) is 13.2 Å². The maximum atomic E-state index is 12.9. The number of ether oxygens (including phenoxy) is 3. The predicted octanol–water partition coefficient (Wildman–Crippen LogP) is 21.2. The molecule has 1 unspecified atom stereocenters. The maximum absolute atomic E-state index is 12.9. The minimum Gasteiger partial charge on any atom is -0.462 e. The molecule has 1 atom stereocenters. The summed E-state index contributed by atoms with van der Waals surface area (Å²) >= 11 is 0. The van der Waals surface area contributed by atoms with E-state index in [1.54, 1.807) is 0 Å². The second kappa shape index (κ2) is 62.4. The minimum absolute atomic E-state index is 0.114. The number of allylic oxidation sites excluding steroid dienone is 20. The van der Waals surface area contributed by atoms with Crippen LogP contribution < -0.4 is 0 Å². The van der Waals surface area contributed by atoms with Crippen molar-refractivity contribution in [3.8, 4) is 0 Å². The van der Waals surface area contributed by atoms with Crippen LogP contribution in [0.2, 0.25) is 0 Å². The molecule has 0 aromatic rings. The molecule has 0 aliphatic heterocycles. The lowest BCUT2D eigenvalue weighted by Crippen LogP contribution is -2.30. The van der Waals surface area contributed by atoms with Gasteiger partial charge >= 0.3 is 17.9 Å². The summed E-state index contributed by atoms with van der Waals surface area (Å²) in [6.07, 6.45) is 86.4. The number of esters is 3. The van der Waals surface area contributed by atoms with Crippen molar-refractivity contribution in [2.45, 2.75) is 284 Å². The lowest BCUT2D eigenvalue weighted by Gasteiger charge is -2.18. The highest BCUT2D eigenvalue weighted by molar-refractivity contribution is 5.71. The lowest BCUT2D eigenvalue weighted by molar-refractivity contribution is -0.167. The van der Waals surface area contributed by atoms with Gasteiger partial charge in [-0.15, -0.1) is 0 Å². The Morgan fingerprint density at radius 3 is 0.813 bits per heavy atom. The van der Waals surface area contributed by atoms with Gasteiger partial charge in [0.05, 0.1) is 0 Å². The van der Waals surface area contributed by atoms with Gasteiger partial charge in [-0.05, 0) is 109 Å². The van der Waals surface area contributed by atoms with Gasteiger partial charge in [0.15, 0.2) is 6.10 Å². The Labute approximate surface area is 462 Å². The first-order valence-corrected chi connectivity index (χ1v) is 31.0. The molecule has 75 heavy (non-hydrogen) atoms. The van der Waals surface area contributed by atoms with Crippen LogP contribution in [0.15, 0.2) is 122 Å². The molecule has 426 valence electrons. The molecule has 0 aliphatic carbocycles. The summed E-state index contributed by atoms with van der Waals surface area (Å²) in [6, 6.07) is 0. The minimum atomic E-state index is -0.816. The molecule has 0 amide bonds. The monoisotopic (exact) mass is 1040 g/mol. The van der Waals surface area contributed by atoms with E-state index < -0.39 is 6.10 Å². The van der Waals surface area contributed by atoms with Crippen LogP contribution in [0.4, 0.5) is 0 Å². The molecule has 0 aromatic heterocycles. The first kappa shape index (κ1) is 70.8. The molecule has 6 nitrogen and oxygen atoms in total. The van der Waals surface area contributed by atoms with Crippen LogP contribution in [0.25, 0.3) is 0 Å². The van der Waals surface area contributed by atoms with Crippen LogP contribution in [-0.2, 0) is 28.6 Å². The Balaban J connectivity index is 4.48. The zero-order chi connectivity index (χ0) is 54.3. The smallest absolute Gasteiger partial charge is 0.306 e. The molecule has 0 spiro atoms. The summed E-state index contributed by atoms with van der Waals surface area (Å²) in [7, 11) is 0. The molecule has 0 saturated carbocycles. The molecule has 0 heterocycles. The van der Waals surface area contributed by atoms with Crippen LogP contribution >= 0.6 is 0 Å². The molecular formula is C69H114O6. The van der Waals surface area contributed by atoms with Gasteiger partial charge in [-0.1, -0.05) is 271 Å². The first-order valence-electron chi connectivity index (χ1n) is 31.0. The van der Waals surface area contributed by atoms with Crippen molar-refractivity contribution < 1.29 is 28.6 Å². The molecular weight excluding hydrogens is 925 g/mol. The fraction of sp³-hybridized carbons (Fsp3) is 0.667. The Morgan fingerprint density at radius 1 is 0.280 bits per heavy atom. The average molecular weight is 1040 g/mol. The van der Waals surface area contributed by atoms with Crippen LogP contribution in [0.3, 0.4) is 0 Å². The Bertz CT molecular complexity index is 1570. The van der Waals surface area contributed by atoms with Gasteiger partial charge < -0.3 is 14.2 Å². The third kappa shape index (κ3) is 60.6. The summed E-state index contributed by atoms with van der Waals surface area (Å²) in [4.78, 5) is 38.3. The van der Waals surface area contributed by atoms with Crippen LogP contribution in [0, 0.1) is 0 Å². The summed E-state index contributed by atoms with van der Waals surface area (Å²) < 4.78 is 16.8. The molecule has 0 radical (unpaired) electrons. The standard InChI is InChI=1S/C69H114O6/c1-4-7-10-13-16-19-22-25-28-30-32-34-36-38-41-44-47-50-53-56-59-62-68(71)74-65-66(64-73-67(70)61-58-55-52-49-46-43-40-27-24-21-18-15-12-9-6-3)75-69(72)63-60-57-54-51-48-45-42-39-37-35-33-31-29-26-23-20-17-14-11-8-5-2/h7,9-10,12,16,18-19,21,25,27-28,32,34,38,40-41,46-47,49-50,66H,4-6,8,11,13-15,17,20,22-24,26,29-31,33,35-37,39,42-45,48,51-65H2,1-3H3/b10-7-,12-9-,19-16-,21-18-,28-25-,34-32-,40-27-,41-38-,49-46-,50-47-. The van der Waals surface area contributed by atoms with E-state index in [1.165, 1.54) is 116 Å². The highest BCUT2D eigenvalue weighted by atomic mass is 16.6. The molecule has 0 fully saturated rings. The molecule has 0 bridgehead atoms. The van der Waals surface area contributed by atoms with E-state index >= 15 is 0 Å². The Kier molecular flexibility index (Phi) is 58.9. The Hall–Kier alpha value is -4.19. The van der Waals surface area contributed by atoms with E-state index in [-0.39, 0.29) is 31.1 Å². The van der Waals surface area contributed by atoms with Gasteiger partial charge in [-0.2, -0.15) is 0 Å². The van der Waals surface area contributed by atoms with E-state index in [9.17, 15) is 14.4 Å². The second-order valence-electron chi connectivity index (χ2n) is 20.2. The summed E-state index contributed by atoms with van der Waals surface area (Å²) in [5.74, 6) is -0.990. The fourth-order valence-corrected chi connectivity index (χ4v) is 8.38. The maximum Gasteiger partial charge on any atom is 0.306 e. The van der Waals surface area contributed by atoms with Gasteiger partial charge in [-0.3, -0.25) is 14.4 Å². The van der Waals surface area contributed by atoms with E-state index in [0.29, 0.717) is 32.1 Å². The van der Waals surface area contributed by atoms with Gasteiger partial charge in [-0.25, -0.2) is 0 Å². The topological polar surface area (TPSA) is 78.9 Å². The lowest BCUT2D eigenvalue weighted by atomic mass is 10.0. The van der Waals surface area contributed by atoms with Gasteiger partial charge in [0.25, 0.3) is 0 Å². The normalized spacial score (nSPS) is 12.9. The molecule has 0 aromatic carbocycles. The summed E-state index contributed by atoms with van der Waals surface area (Å²) in [5, 5.41) is 0. The van der Waals surface area contributed by atoms with E-state index in [1.807, 2.05) is 0 Å². The molecule has 0 rings (SSSR count). The van der Waals surface area contributed by atoms with Crippen molar-refractivity contribution in [3.63, 3.8) is 0 Å². The zero-order valence-electron chi connectivity index (χ0n) is 48.8. The van der Waals surface area contributed by atoms with Gasteiger partial charge in [0.2, 0.25) is 0 Å². The third-order valence-electron chi connectivity index (χ3n) is 13.0. The van der Waals surface area contributed by atoms with E-state index in [0.717, 1.165) is 109 Å². The number of unbranched alkanes of at least 4 members (excludes halogenated alkanes) is 24. The van der Waals surface area contributed by atoms with Gasteiger partial charge in [0, 0.05) is 19.3 Å². The number of rotatable bonds is 55. The molecule has 0 N–H and O–H groups in total.